The minimum Gasteiger partial charge on any atom is -0.346 e. The lowest BCUT2D eigenvalue weighted by atomic mass is 10.0. The normalized spacial score (nSPS) is 14.8. The van der Waals surface area contributed by atoms with E-state index in [1.54, 1.807) is 37.4 Å². The summed E-state index contributed by atoms with van der Waals surface area (Å²) in [4.78, 5) is 37.2. The van der Waals surface area contributed by atoms with E-state index in [-0.39, 0.29) is 23.4 Å². The molecule has 8 nitrogen and oxygen atoms in total. The van der Waals surface area contributed by atoms with Crippen LogP contribution in [0.1, 0.15) is 37.4 Å². The largest absolute Gasteiger partial charge is 0.416 e. The highest BCUT2D eigenvalue weighted by molar-refractivity contribution is 6.08. The second-order valence-corrected chi connectivity index (χ2v) is 10.0. The second kappa shape index (κ2) is 11.1. The maximum Gasteiger partial charge on any atom is 0.416 e. The molecule has 0 spiro atoms. The molecule has 0 bridgehead atoms. The molecule has 2 aromatic heterocycles. The van der Waals surface area contributed by atoms with Crippen molar-refractivity contribution in [1.29, 1.82) is 0 Å². The summed E-state index contributed by atoms with van der Waals surface area (Å²) >= 11 is 0. The smallest absolute Gasteiger partial charge is 0.346 e. The number of pyridine rings is 1. The van der Waals surface area contributed by atoms with Gasteiger partial charge in [-0.15, -0.1) is 0 Å². The number of rotatable bonds is 6. The number of amides is 2. The van der Waals surface area contributed by atoms with Crippen LogP contribution in [0, 0.1) is 6.92 Å². The first kappa shape index (κ1) is 27.4. The number of hydrogen-bond donors (Lipinski definition) is 3. The Balaban J connectivity index is 1.31. The van der Waals surface area contributed by atoms with Gasteiger partial charge in [0.05, 0.1) is 11.1 Å². The van der Waals surface area contributed by atoms with Gasteiger partial charge in [-0.2, -0.15) is 13.2 Å². The molecule has 0 atom stereocenters. The number of fused-ring (bicyclic) bond motifs is 1. The molecule has 0 radical (unpaired) electrons. The average Bonchev–Trinajstić information content (AvgIpc) is 3.39. The number of benzene rings is 2. The lowest BCUT2D eigenvalue weighted by molar-refractivity contribution is -0.138. The number of carbonyl (C=O) groups excluding carboxylic acids is 2. The number of H-pyrrole nitrogens is 1. The lowest BCUT2D eigenvalue weighted by Gasteiger charge is -2.33. The second-order valence-electron chi connectivity index (χ2n) is 10.0. The number of likely N-dealkylation sites (N-methyl/N-ethyl adjacent to an activating group) is 1. The number of aromatic amines is 1. The van der Waals surface area contributed by atoms with Gasteiger partial charge >= 0.3 is 6.18 Å². The molecule has 3 heterocycles. The van der Waals surface area contributed by atoms with Crippen LogP contribution in [0.25, 0.3) is 11.0 Å². The number of halogens is 3. The molecular weight excluding hydrogens is 521 g/mol. The predicted octanol–water partition coefficient (Wildman–Crippen LogP) is 5.14. The molecular formula is C29H29F3N6O2. The van der Waals surface area contributed by atoms with Crippen molar-refractivity contribution in [3.63, 3.8) is 0 Å². The molecule has 1 fully saturated rings. The highest BCUT2D eigenvalue weighted by Crippen LogP contribution is 2.35. The van der Waals surface area contributed by atoms with Gasteiger partial charge in [0.1, 0.15) is 5.65 Å². The molecule has 1 saturated heterocycles. The summed E-state index contributed by atoms with van der Waals surface area (Å²) in [6.07, 6.45) is -1.39. The standard InChI is InChI=1S/C29H29F3N6O2/c1-18-3-4-20(14-25(18)36-28(40)22-13-19-7-8-33-26(19)34-16-22)27(39)35-23-6-5-21(24(15-23)29(30,31)32)17-38-11-9-37(2)10-12-38/h3-8,13-16H,9-12,17H2,1-2H3,(H,33,34)(H,35,39)(H,36,40). The number of aromatic nitrogens is 2. The average molecular weight is 551 g/mol. The molecule has 40 heavy (non-hydrogen) atoms. The van der Waals surface area contributed by atoms with Gasteiger partial charge in [-0.3, -0.25) is 14.5 Å². The van der Waals surface area contributed by atoms with Gasteiger partial charge in [-0.05, 0) is 61.5 Å². The molecule has 1 aliphatic rings. The van der Waals surface area contributed by atoms with Crippen molar-refractivity contribution in [3.8, 4) is 0 Å². The maximum atomic E-state index is 13.9. The number of nitrogens with zero attached hydrogens (tertiary/aromatic N) is 3. The van der Waals surface area contributed by atoms with Gasteiger partial charge in [-0.25, -0.2) is 4.98 Å². The van der Waals surface area contributed by atoms with Gasteiger partial charge < -0.3 is 20.5 Å². The van der Waals surface area contributed by atoms with Gasteiger partial charge in [0, 0.05) is 67.4 Å². The summed E-state index contributed by atoms with van der Waals surface area (Å²) < 4.78 is 41.8. The van der Waals surface area contributed by atoms with E-state index < -0.39 is 23.6 Å². The van der Waals surface area contributed by atoms with Crippen molar-refractivity contribution in [1.82, 2.24) is 19.8 Å². The molecule has 0 aliphatic carbocycles. The van der Waals surface area contributed by atoms with Gasteiger partial charge in [-0.1, -0.05) is 12.1 Å². The van der Waals surface area contributed by atoms with Crippen LogP contribution in [0.15, 0.2) is 60.9 Å². The molecule has 5 rings (SSSR count). The van der Waals surface area contributed by atoms with Crippen molar-refractivity contribution in [2.75, 3.05) is 43.9 Å². The van der Waals surface area contributed by atoms with Crippen molar-refractivity contribution >= 4 is 34.2 Å². The fraction of sp³-hybridized carbons (Fsp3) is 0.276. The Kier molecular flexibility index (Phi) is 7.59. The Hall–Kier alpha value is -4.22. The minimum absolute atomic E-state index is 0.0384. The zero-order valence-corrected chi connectivity index (χ0v) is 22.1. The van der Waals surface area contributed by atoms with E-state index in [0.29, 0.717) is 35.6 Å². The first-order valence-corrected chi connectivity index (χ1v) is 12.8. The molecule has 2 aromatic carbocycles. The number of nitrogens with one attached hydrogen (secondary N) is 3. The van der Waals surface area contributed by atoms with Crippen LogP contribution >= 0.6 is 0 Å². The number of alkyl halides is 3. The highest BCUT2D eigenvalue weighted by atomic mass is 19.4. The number of piperazine rings is 1. The van der Waals surface area contributed by atoms with Crippen LogP contribution in [0.2, 0.25) is 0 Å². The van der Waals surface area contributed by atoms with E-state index in [2.05, 4.69) is 25.5 Å². The molecule has 208 valence electrons. The van der Waals surface area contributed by atoms with Gasteiger partial charge in [0.2, 0.25) is 0 Å². The zero-order valence-electron chi connectivity index (χ0n) is 22.1. The number of anilines is 2. The van der Waals surface area contributed by atoms with Crippen LogP contribution in [-0.2, 0) is 12.7 Å². The third-order valence-electron chi connectivity index (χ3n) is 7.07. The van der Waals surface area contributed by atoms with E-state index >= 15 is 0 Å². The van der Waals surface area contributed by atoms with E-state index in [1.807, 2.05) is 11.9 Å². The van der Waals surface area contributed by atoms with Crippen molar-refractivity contribution in [3.05, 3.63) is 88.7 Å². The molecule has 1 aliphatic heterocycles. The monoisotopic (exact) mass is 550 g/mol. The topological polar surface area (TPSA) is 93.4 Å². The Bertz CT molecular complexity index is 1560. The Morgan fingerprint density at radius 1 is 0.950 bits per heavy atom. The molecule has 0 unspecified atom stereocenters. The van der Waals surface area contributed by atoms with Crippen molar-refractivity contribution < 1.29 is 22.8 Å². The summed E-state index contributed by atoms with van der Waals surface area (Å²) in [5.41, 5.74) is 1.76. The predicted molar refractivity (Wildman–Crippen MR) is 147 cm³/mol. The third kappa shape index (κ3) is 6.16. The highest BCUT2D eigenvalue weighted by Gasteiger charge is 2.34. The third-order valence-corrected chi connectivity index (χ3v) is 7.07. The van der Waals surface area contributed by atoms with Crippen LogP contribution < -0.4 is 10.6 Å². The zero-order chi connectivity index (χ0) is 28.4. The summed E-state index contributed by atoms with van der Waals surface area (Å²) in [5.74, 6) is -0.993. The van der Waals surface area contributed by atoms with E-state index in [9.17, 15) is 22.8 Å². The SMILES string of the molecule is Cc1ccc(C(=O)Nc2ccc(CN3CCN(C)CC3)c(C(F)(F)F)c2)cc1NC(=O)c1cnc2[nH]ccc2c1. The summed E-state index contributed by atoms with van der Waals surface area (Å²) in [7, 11) is 1.99. The molecule has 4 aromatic rings. The number of aryl methyl sites for hydroxylation is 1. The molecule has 2 amide bonds. The first-order chi connectivity index (χ1) is 19.1. The van der Waals surface area contributed by atoms with Gasteiger partial charge in [0.15, 0.2) is 0 Å². The molecule has 11 heteroatoms. The van der Waals surface area contributed by atoms with Crippen LogP contribution in [0.3, 0.4) is 0 Å². The van der Waals surface area contributed by atoms with E-state index in [4.69, 9.17) is 0 Å². The minimum atomic E-state index is -4.57. The number of carbonyl (C=O) groups is 2. The summed E-state index contributed by atoms with van der Waals surface area (Å²) in [5, 5.41) is 6.15. The Labute approximate surface area is 229 Å². The molecule has 0 saturated carbocycles. The fourth-order valence-corrected chi connectivity index (χ4v) is 4.66. The lowest BCUT2D eigenvalue weighted by Crippen LogP contribution is -2.44. The maximum absolute atomic E-state index is 13.9. The fourth-order valence-electron chi connectivity index (χ4n) is 4.66. The first-order valence-electron chi connectivity index (χ1n) is 12.8. The molecule has 3 N–H and O–H groups in total. The summed E-state index contributed by atoms with van der Waals surface area (Å²) in [6.45, 7) is 4.94. The summed E-state index contributed by atoms with van der Waals surface area (Å²) in [6, 6.07) is 12.1. The van der Waals surface area contributed by atoms with Crippen molar-refractivity contribution in [2.45, 2.75) is 19.6 Å². The number of hydrogen-bond acceptors (Lipinski definition) is 5. The van der Waals surface area contributed by atoms with Crippen LogP contribution in [0.5, 0.6) is 0 Å². The van der Waals surface area contributed by atoms with E-state index in [0.717, 1.165) is 24.5 Å². The van der Waals surface area contributed by atoms with Crippen LogP contribution in [0.4, 0.5) is 24.5 Å². The van der Waals surface area contributed by atoms with Crippen molar-refractivity contribution in [2.24, 2.45) is 0 Å². The Morgan fingerprint density at radius 2 is 1.70 bits per heavy atom. The Morgan fingerprint density at radius 3 is 2.45 bits per heavy atom. The van der Waals surface area contributed by atoms with E-state index in [1.165, 1.54) is 24.4 Å². The quantitative estimate of drug-likeness (QED) is 0.309. The van der Waals surface area contributed by atoms with Crippen LogP contribution in [-0.4, -0.2) is 64.8 Å². The van der Waals surface area contributed by atoms with Gasteiger partial charge in [0.25, 0.3) is 11.8 Å².